The molecule has 3 aromatic rings. The highest BCUT2D eigenvalue weighted by atomic mass is 32.2. The predicted octanol–water partition coefficient (Wildman–Crippen LogP) is 4.06. The van der Waals surface area contributed by atoms with Gasteiger partial charge in [0.2, 0.25) is 23.1 Å². The first kappa shape index (κ1) is 41.3. The Bertz CT molecular complexity index is 2330. The quantitative estimate of drug-likeness (QED) is 0.0983. The molecule has 0 aromatic heterocycles. The number of alkyl halides is 6. The number of carbonyl (C=O) groups is 4. The topological polar surface area (TPSA) is 195 Å². The van der Waals surface area contributed by atoms with Crippen molar-refractivity contribution in [3.05, 3.63) is 81.4 Å². The fourth-order valence-electron chi connectivity index (χ4n) is 5.23. The largest absolute Gasteiger partial charge is 0.534 e. The fourth-order valence-corrected chi connectivity index (χ4v) is 6.16. The Morgan fingerprint density at radius 1 is 0.714 bits per heavy atom. The molecule has 0 radical (unpaired) electrons. The van der Waals surface area contributed by atoms with E-state index in [2.05, 4.69) is 17.8 Å². The Hall–Kier alpha value is -5.86. The number of methoxy groups -OCH3 is 2. The molecule has 3 aromatic carbocycles. The van der Waals surface area contributed by atoms with Gasteiger partial charge in [0.1, 0.15) is 13.1 Å². The van der Waals surface area contributed by atoms with E-state index in [1.807, 2.05) is 0 Å². The smallest absolute Gasteiger partial charge is 0.468 e. The van der Waals surface area contributed by atoms with Crippen molar-refractivity contribution >= 4 is 44.1 Å². The highest BCUT2D eigenvalue weighted by Crippen LogP contribution is 2.59. The summed E-state index contributed by atoms with van der Waals surface area (Å²) in [6, 6.07) is 2.00. The minimum atomic E-state index is -6.89. The third-order valence-corrected chi connectivity index (χ3v) is 9.58. The molecule has 0 aliphatic carbocycles. The molecule has 5 rings (SSSR count). The predicted molar refractivity (Wildman–Crippen MR) is 156 cm³/mol. The summed E-state index contributed by atoms with van der Waals surface area (Å²) < 4.78 is 214. The molecule has 1 spiro atoms. The molecular formula is C29H15F10NO14S2. The van der Waals surface area contributed by atoms with E-state index in [1.165, 1.54) is 0 Å². The average Bonchev–Trinajstić information content (AvgIpc) is 3.39. The Morgan fingerprint density at radius 3 is 1.54 bits per heavy atom. The Kier molecular flexibility index (Phi) is 10.1. The van der Waals surface area contributed by atoms with E-state index >= 15 is 17.6 Å². The van der Waals surface area contributed by atoms with Crippen LogP contribution in [0.3, 0.4) is 0 Å². The second kappa shape index (κ2) is 13.7. The van der Waals surface area contributed by atoms with Gasteiger partial charge in [-0.15, -0.1) is 0 Å². The van der Waals surface area contributed by atoms with Crippen LogP contribution in [0, 0.1) is 23.3 Å². The lowest BCUT2D eigenvalue weighted by atomic mass is 9.77. The maximum absolute atomic E-state index is 15.9. The van der Waals surface area contributed by atoms with Gasteiger partial charge in [-0.1, -0.05) is 6.07 Å². The number of hydrogen-bond acceptors (Lipinski definition) is 14. The molecule has 1 amide bonds. The van der Waals surface area contributed by atoms with Crippen LogP contribution in [0.15, 0.2) is 30.3 Å². The molecule has 0 bridgehead atoms. The second-order valence-electron chi connectivity index (χ2n) is 11.0. The molecule has 0 unspecified atom stereocenters. The highest BCUT2D eigenvalue weighted by molar-refractivity contribution is 7.88. The van der Waals surface area contributed by atoms with Crippen LogP contribution in [-0.4, -0.2) is 83.9 Å². The van der Waals surface area contributed by atoms with Crippen molar-refractivity contribution in [3.8, 4) is 23.0 Å². The summed E-state index contributed by atoms with van der Waals surface area (Å²) in [4.78, 5) is 51.3. The number of ether oxygens (including phenoxy) is 4. The number of hydrogen-bond donors (Lipinski definition) is 0. The maximum Gasteiger partial charge on any atom is 0.534 e. The Balaban J connectivity index is 1.80. The molecule has 15 nitrogen and oxygen atoms in total. The van der Waals surface area contributed by atoms with Gasteiger partial charge in [0.05, 0.1) is 30.9 Å². The van der Waals surface area contributed by atoms with Crippen LogP contribution >= 0.6 is 0 Å². The summed E-state index contributed by atoms with van der Waals surface area (Å²) in [7, 11) is -11.9. The monoisotopic (exact) mass is 855 g/mol. The van der Waals surface area contributed by atoms with Gasteiger partial charge < -0.3 is 32.2 Å². The van der Waals surface area contributed by atoms with Crippen LogP contribution < -0.4 is 13.1 Å². The first-order valence-electron chi connectivity index (χ1n) is 14.3. The second-order valence-corrected chi connectivity index (χ2v) is 14.0. The first-order valence-corrected chi connectivity index (χ1v) is 17.1. The molecule has 302 valence electrons. The van der Waals surface area contributed by atoms with Crippen molar-refractivity contribution in [3.63, 3.8) is 0 Å². The van der Waals surface area contributed by atoms with Crippen LogP contribution in [-0.2, 0) is 49.6 Å². The molecule has 0 atom stereocenters. The van der Waals surface area contributed by atoms with E-state index in [9.17, 15) is 62.4 Å². The van der Waals surface area contributed by atoms with E-state index in [0.29, 0.717) is 17.0 Å². The number of fused-ring (bicyclic) bond motifs is 6. The number of carbonyl (C=O) groups excluding carboxylic acids is 4. The SMILES string of the molecule is COC(=O)CN(CC(=O)OC)C(=O)c1ccc2c(c1)C(=O)OC21c2cc(F)c(OS(=O)(=O)C(F)(F)F)c(F)c2Oc2c1cc(F)c(OS(=O)(=O)C(F)(F)F)c2F. The summed E-state index contributed by atoms with van der Waals surface area (Å²) in [5.74, 6) is -23.2. The van der Waals surface area contributed by atoms with Gasteiger partial charge >= 0.3 is 49.2 Å². The van der Waals surface area contributed by atoms with Gasteiger partial charge in [-0.05, 0) is 24.3 Å². The van der Waals surface area contributed by atoms with Gasteiger partial charge in [0, 0.05) is 11.1 Å². The lowest BCUT2D eigenvalue weighted by molar-refractivity contribution is -0.144. The number of nitrogens with zero attached hydrogens (tertiary/aromatic N) is 1. The number of esters is 3. The lowest BCUT2D eigenvalue weighted by Crippen LogP contribution is -2.40. The van der Waals surface area contributed by atoms with Crippen molar-refractivity contribution in [2.24, 2.45) is 0 Å². The van der Waals surface area contributed by atoms with Crippen molar-refractivity contribution in [1.82, 2.24) is 4.90 Å². The number of halogens is 10. The van der Waals surface area contributed by atoms with Crippen molar-refractivity contribution < 1.29 is 107 Å². The minimum Gasteiger partial charge on any atom is -0.468 e. The third kappa shape index (κ3) is 6.72. The zero-order chi connectivity index (χ0) is 42.1. The van der Waals surface area contributed by atoms with Gasteiger partial charge in [-0.2, -0.15) is 52.0 Å². The van der Waals surface area contributed by atoms with E-state index in [-0.39, 0.29) is 12.1 Å². The number of benzene rings is 3. The number of amides is 1. The van der Waals surface area contributed by atoms with E-state index < -0.39 is 148 Å². The minimum absolute atomic E-state index is 0.0766. The summed E-state index contributed by atoms with van der Waals surface area (Å²) in [6.07, 6.45) is 0. The molecule has 2 aliphatic heterocycles. The normalized spacial score (nSPS) is 14.5. The first-order chi connectivity index (χ1) is 25.7. The third-order valence-electron chi connectivity index (χ3n) is 7.67. The summed E-state index contributed by atoms with van der Waals surface area (Å²) in [6.45, 7) is -1.79. The molecular weight excluding hydrogens is 840 g/mol. The lowest BCUT2D eigenvalue weighted by Gasteiger charge is -2.37. The van der Waals surface area contributed by atoms with Crippen LogP contribution in [0.5, 0.6) is 23.0 Å². The summed E-state index contributed by atoms with van der Waals surface area (Å²) in [5, 5.41) is 0. The molecule has 2 heterocycles. The molecule has 0 saturated carbocycles. The van der Waals surface area contributed by atoms with E-state index in [4.69, 9.17) is 9.47 Å². The van der Waals surface area contributed by atoms with E-state index in [0.717, 1.165) is 20.3 Å². The van der Waals surface area contributed by atoms with Crippen molar-refractivity contribution in [2.45, 2.75) is 16.6 Å². The molecule has 0 saturated heterocycles. The fraction of sp³-hybridized carbons (Fsp3) is 0.241. The summed E-state index contributed by atoms with van der Waals surface area (Å²) >= 11 is 0. The summed E-state index contributed by atoms with van der Waals surface area (Å²) in [5.41, 5.74) is -20.5. The van der Waals surface area contributed by atoms with Crippen molar-refractivity contribution in [1.29, 1.82) is 0 Å². The van der Waals surface area contributed by atoms with Gasteiger partial charge in [-0.25, -0.2) is 13.6 Å². The molecule has 0 fully saturated rings. The van der Waals surface area contributed by atoms with E-state index in [1.54, 1.807) is 0 Å². The van der Waals surface area contributed by atoms with Crippen molar-refractivity contribution in [2.75, 3.05) is 27.3 Å². The van der Waals surface area contributed by atoms with Crippen LogP contribution in [0.25, 0.3) is 0 Å². The molecule has 2 aliphatic rings. The Morgan fingerprint density at radius 2 is 1.14 bits per heavy atom. The standard InChI is InChI=1S/C29H15F10NO14S2/c1-49-17(41)8-40(9-18(42)50-2)25(43)10-3-4-12-11(5-10)26(44)52-27(12)13-6-15(30)23(53-55(45,46)28(34,35)36)19(32)21(13)51-22-14(27)7-16(31)24(20(22)33)54-56(47,48)29(37,38)39/h3-7H,8-9H2,1-2H3. The zero-order valence-corrected chi connectivity index (χ0v) is 28.7. The van der Waals surface area contributed by atoms with Gasteiger partial charge in [-0.3, -0.25) is 14.4 Å². The Labute approximate surface area is 304 Å². The van der Waals surface area contributed by atoms with Gasteiger partial charge in [0.15, 0.2) is 28.7 Å². The highest BCUT2D eigenvalue weighted by Gasteiger charge is 2.58. The average molecular weight is 856 g/mol. The van der Waals surface area contributed by atoms with Crippen LogP contribution in [0.2, 0.25) is 0 Å². The molecule has 27 heteroatoms. The van der Waals surface area contributed by atoms with Crippen LogP contribution in [0.4, 0.5) is 43.9 Å². The molecule has 0 N–H and O–H groups in total. The number of rotatable bonds is 9. The van der Waals surface area contributed by atoms with Gasteiger partial charge in [0.25, 0.3) is 5.91 Å². The maximum atomic E-state index is 15.9. The van der Waals surface area contributed by atoms with Crippen LogP contribution in [0.1, 0.15) is 37.4 Å². The zero-order valence-electron chi connectivity index (χ0n) is 27.1. The molecule has 56 heavy (non-hydrogen) atoms.